The number of hydrogen-bond donors (Lipinski definition) is 1. The van der Waals surface area contributed by atoms with Crippen LogP contribution >= 0.6 is 15.9 Å². The van der Waals surface area contributed by atoms with Gasteiger partial charge in [0.15, 0.2) is 5.82 Å². The summed E-state index contributed by atoms with van der Waals surface area (Å²) >= 11 is 3.52. The molecule has 0 aliphatic rings. The molecule has 0 atom stereocenters. The Bertz CT molecular complexity index is 747. The maximum absolute atomic E-state index is 5.70. The van der Waals surface area contributed by atoms with Gasteiger partial charge < -0.3 is 5.73 Å². The number of nitrogens with two attached hydrogens (primary N) is 1. The molecule has 0 amide bonds. The second kappa shape index (κ2) is 5.09. The van der Waals surface area contributed by atoms with E-state index in [1.54, 1.807) is 4.68 Å². The molecule has 20 heavy (non-hydrogen) atoms. The number of aryl methyl sites for hydroxylation is 1. The van der Waals surface area contributed by atoms with Crippen molar-refractivity contribution in [3.8, 4) is 16.9 Å². The van der Waals surface area contributed by atoms with Crippen LogP contribution in [0.4, 0.5) is 5.69 Å². The van der Waals surface area contributed by atoms with E-state index in [9.17, 15) is 0 Å². The highest BCUT2D eigenvalue weighted by molar-refractivity contribution is 9.10. The van der Waals surface area contributed by atoms with Crippen molar-refractivity contribution in [2.75, 3.05) is 5.73 Å². The highest BCUT2D eigenvalue weighted by Crippen LogP contribution is 2.24. The van der Waals surface area contributed by atoms with Gasteiger partial charge in [-0.05, 0) is 52.2 Å². The van der Waals surface area contributed by atoms with E-state index in [2.05, 4.69) is 26.0 Å². The SMILES string of the molecule is Cc1cnc(-n2cc(-c3ccc(N)cc3)cn2)c(Br)c1. The van der Waals surface area contributed by atoms with Crippen molar-refractivity contribution >= 4 is 21.6 Å². The summed E-state index contributed by atoms with van der Waals surface area (Å²) in [5.41, 5.74) is 9.66. The predicted octanol–water partition coefficient (Wildman–Crippen LogP) is 3.59. The van der Waals surface area contributed by atoms with Gasteiger partial charge in [-0.15, -0.1) is 0 Å². The Morgan fingerprint density at radius 1 is 1.10 bits per heavy atom. The number of hydrogen-bond acceptors (Lipinski definition) is 3. The lowest BCUT2D eigenvalue weighted by atomic mass is 10.1. The lowest BCUT2D eigenvalue weighted by Gasteiger charge is -2.03. The quantitative estimate of drug-likeness (QED) is 0.731. The van der Waals surface area contributed by atoms with E-state index in [4.69, 9.17) is 5.73 Å². The number of pyridine rings is 1. The molecule has 0 radical (unpaired) electrons. The zero-order valence-electron chi connectivity index (χ0n) is 10.9. The van der Waals surface area contributed by atoms with Crippen molar-refractivity contribution in [3.05, 3.63) is 59.0 Å². The second-order valence-electron chi connectivity index (χ2n) is 4.61. The molecule has 0 aliphatic carbocycles. The number of nitrogens with zero attached hydrogens (tertiary/aromatic N) is 3. The first-order valence-electron chi connectivity index (χ1n) is 6.16. The average Bonchev–Trinajstić information content (AvgIpc) is 2.89. The van der Waals surface area contributed by atoms with Gasteiger partial charge in [0.05, 0.1) is 10.7 Å². The number of rotatable bonds is 2. The number of aromatic nitrogens is 3. The summed E-state index contributed by atoms with van der Waals surface area (Å²) in [5, 5.41) is 4.37. The third-order valence-electron chi connectivity index (χ3n) is 3.00. The number of halogens is 1. The van der Waals surface area contributed by atoms with Gasteiger partial charge in [0.25, 0.3) is 0 Å². The molecule has 3 rings (SSSR count). The van der Waals surface area contributed by atoms with E-state index in [0.717, 1.165) is 32.7 Å². The minimum absolute atomic E-state index is 0.754. The first-order valence-corrected chi connectivity index (χ1v) is 6.96. The molecule has 4 nitrogen and oxygen atoms in total. The van der Waals surface area contributed by atoms with Crippen LogP contribution in [0.1, 0.15) is 5.56 Å². The fraction of sp³-hybridized carbons (Fsp3) is 0.0667. The van der Waals surface area contributed by atoms with Gasteiger partial charge in [-0.25, -0.2) is 9.67 Å². The van der Waals surface area contributed by atoms with Crippen molar-refractivity contribution in [1.29, 1.82) is 0 Å². The molecule has 0 unspecified atom stereocenters. The largest absolute Gasteiger partial charge is 0.399 e. The second-order valence-corrected chi connectivity index (χ2v) is 5.47. The van der Waals surface area contributed by atoms with E-state index in [0.29, 0.717) is 0 Å². The smallest absolute Gasteiger partial charge is 0.167 e. The summed E-state index contributed by atoms with van der Waals surface area (Å²) in [6, 6.07) is 9.74. The lowest BCUT2D eigenvalue weighted by Crippen LogP contribution is -1.99. The standard InChI is InChI=1S/C15H13BrN4/c1-10-6-14(16)15(18-7-10)20-9-12(8-19-20)11-2-4-13(17)5-3-11/h2-9H,17H2,1H3. The fourth-order valence-electron chi connectivity index (χ4n) is 1.96. The fourth-order valence-corrected chi connectivity index (χ4v) is 2.60. The molecule has 0 aliphatic heterocycles. The molecule has 3 aromatic rings. The van der Waals surface area contributed by atoms with E-state index < -0.39 is 0 Å². The lowest BCUT2D eigenvalue weighted by molar-refractivity contribution is 0.840. The maximum atomic E-state index is 5.70. The van der Waals surface area contributed by atoms with Crippen LogP contribution in [0.2, 0.25) is 0 Å². The molecule has 100 valence electrons. The number of nitrogen functional groups attached to an aromatic ring is 1. The Morgan fingerprint density at radius 2 is 1.85 bits per heavy atom. The van der Waals surface area contributed by atoms with Crippen molar-refractivity contribution in [2.45, 2.75) is 6.92 Å². The molecule has 0 saturated carbocycles. The normalized spacial score (nSPS) is 10.7. The minimum atomic E-state index is 0.754. The van der Waals surface area contributed by atoms with E-state index >= 15 is 0 Å². The zero-order valence-corrected chi connectivity index (χ0v) is 12.5. The van der Waals surface area contributed by atoms with Gasteiger partial charge in [0, 0.05) is 23.6 Å². The van der Waals surface area contributed by atoms with Crippen molar-refractivity contribution in [1.82, 2.24) is 14.8 Å². The zero-order chi connectivity index (χ0) is 14.1. The summed E-state index contributed by atoms with van der Waals surface area (Å²) in [4.78, 5) is 4.40. The van der Waals surface area contributed by atoms with Crippen molar-refractivity contribution in [2.24, 2.45) is 0 Å². The van der Waals surface area contributed by atoms with E-state index in [1.807, 2.05) is 55.8 Å². The third-order valence-corrected chi connectivity index (χ3v) is 3.59. The first-order chi connectivity index (χ1) is 9.63. The molecule has 0 spiro atoms. The Hall–Kier alpha value is -2.14. The average molecular weight is 329 g/mol. The van der Waals surface area contributed by atoms with Gasteiger partial charge in [-0.1, -0.05) is 12.1 Å². The Morgan fingerprint density at radius 3 is 2.55 bits per heavy atom. The van der Waals surface area contributed by atoms with Crippen LogP contribution in [0.25, 0.3) is 16.9 Å². The Labute approximate surface area is 125 Å². The molecule has 2 heterocycles. The monoisotopic (exact) mass is 328 g/mol. The first kappa shape index (κ1) is 12.9. The molecule has 0 saturated heterocycles. The summed E-state index contributed by atoms with van der Waals surface area (Å²) in [6.07, 6.45) is 5.60. The maximum Gasteiger partial charge on any atom is 0.167 e. The van der Waals surface area contributed by atoms with Gasteiger partial charge in [-0.3, -0.25) is 0 Å². The topological polar surface area (TPSA) is 56.7 Å². The van der Waals surface area contributed by atoms with Crippen LogP contribution in [0.3, 0.4) is 0 Å². The van der Waals surface area contributed by atoms with Crippen molar-refractivity contribution in [3.63, 3.8) is 0 Å². The molecule has 5 heteroatoms. The number of benzene rings is 1. The Kier molecular flexibility index (Phi) is 3.28. The third kappa shape index (κ3) is 2.44. The van der Waals surface area contributed by atoms with Gasteiger partial charge in [0.2, 0.25) is 0 Å². The molecular weight excluding hydrogens is 316 g/mol. The molecule has 2 N–H and O–H groups in total. The number of anilines is 1. The molecule has 0 bridgehead atoms. The van der Waals surface area contributed by atoms with Gasteiger partial charge in [-0.2, -0.15) is 5.10 Å². The van der Waals surface area contributed by atoms with Crippen LogP contribution in [-0.4, -0.2) is 14.8 Å². The van der Waals surface area contributed by atoms with Crippen LogP contribution < -0.4 is 5.73 Å². The van der Waals surface area contributed by atoms with Crippen LogP contribution in [0.5, 0.6) is 0 Å². The summed E-state index contributed by atoms with van der Waals surface area (Å²) in [5.74, 6) is 0.775. The van der Waals surface area contributed by atoms with E-state index in [1.165, 1.54) is 0 Å². The van der Waals surface area contributed by atoms with Crippen molar-refractivity contribution < 1.29 is 0 Å². The minimum Gasteiger partial charge on any atom is -0.399 e. The Balaban J connectivity index is 1.99. The molecule has 1 aromatic carbocycles. The van der Waals surface area contributed by atoms with E-state index in [-0.39, 0.29) is 0 Å². The predicted molar refractivity (Wildman–Crippen MR) is 83.6 cm³/mol. The highest BCUT2D eigenvalue weighted by Gasteiger charge is 2.07. The molecule has 0 fully saturated rings. The van der Waals surface area contributed by atoms with Crippen LogP contribution in [-0.2, 0) is 0 Å². The van der Waals surface area contributed by atoms with Gasteiger partial charge in [0.1, 0.15) is 0 Å². The summed E-state index contributed by atoms with van der Waals surface area (Å²) < 4.78 is 2.68. The van der Waals surface area contributed by atoms with Crippen LogP contribution in [0.15, 0.2) is 53.4 Å². The summed E-state index contributed by atoms with van der Waals surface area (Å²) in [7, 11) is 0. The van der Waals surface area contributed by atoms with Gasteiger partial charge >= 0.3 is 0 Å². The molecular formula is C15H13BrN4. The van der Waals surface area contributed by atoms with Crippen LogP contribution in [0, 0.1) is 6.92 Å². The highest BCUT2D eigenvalue weighted by atomic mass is 79.9. The summed E-state index contributed by atoms with van der Waals surface area (Å²) in [6.45, 7) is 2.00. The molecule has 2 aromatic heterocycles.